The van der Waals surface area contributed by atoms with Crippen LogP contribution in [-0.2, 0) is 16.4 Å². The number of rotatable bonds is 7. The molecule has 8 nitrogen and oxygen atoms in total. The molecule has 0 aliphatic carbocycles. The molecule has 9 heteroatoms. The molecule has 0 spiro atoms. The minimum absolute atomic E-state index is 0.216. The molecule has 0 saturated carbocycles. The lowest BCUT2D eigenvalue weighted by Crippen LogP contribution is -2.12. The van der Waals surface area contributed by atoms with Crippen LogP contribution < -0.4 is 9.46 Å². The maximum atomic E-state index is 12.6. The molecule has 0 unspecified atom stereocenters. The van der Waals surface area contributed by atoms with Gasteiger partial charge in [-0.2, -0.15) is 5.10 Å². The van der Waals surface area contributed by atoms with E-state index in [0.29, 0.717) is 23.1 Å². The van der Waals surface area contributed by atoms with Crippen LogP contribution >= 0.6 is 0 Å². The van der Waals surface area contributed by atoms with Gasteiger partial charge < -0.3 is 4.74 Å². The summed E-state index contributed by atoms with van der Waals surface area (Å²) in [5, 5.41) is 4.51. The smallest absolute Gasteiger partial charge is 0.261 e. The number of aromatic nitrogens is 4. The van der Waals surface area contributed by atoms with E-state index in [9.17, 15) is 8.42 Å². The first-order valence-corrected chi connectivity index (χ1v) is 12.0. The Kier molecular flexibility index (Phi) is 6.15. The lowest BCUT2D eigenvalue weighted by atomic mass is 10.2. The zero-order valence-electron chi connectivity index (χ0n) is 18.9. The minimum Gasteiger partial charge on any atom is -0.439 e. The van der Waals surface area contributed by atoms with Gasteiger partial charge in [-0.05, 0) is 74.7 Å². The Balaban J connectivity index is 1.48. The van der Waals surface area contributed by atoms with Gasteiger partial charge >= 0.3 is 0 Å². The third-order valence-corrected chi connectivity index (χ3v) is 6.87. The van der Waals surface area contributed by atoms with Crippen LogP contribution in [0.4, 0.5) is 5.69 Å². The van der Waals surface area contributed by atoms with Crippen molar-refractivity contribution in [1.82, 2.24) is 19.7 Å². The summed E-state index contributed by atoms with van der Waals surface area (Å²) in [6.07, 6.45) is 2.27. The van der Waals surface area contributed by atoms with Crippen molar-refractivity contribution in [1.29, 1.82) is 0 Å². The number of anilines is 1. The number of hydrogen-bond acceptors (Lipinski definition) is 6. The highest BCUT2D eigenvalue weighted by Gasteiger charge is 2.15. The molecule has 0 aliphatic rings. The quantitative estimate of drug-likeness (QED) is 0.425. The molecule has 4 aromatic rings. The van der Waals surface area contributed by atoms with Crippen LogP contribution in [0.2, 0.25) is 0 Å². The van der Waals surface area contributed by atoms with E-state index in [1.807, 2.05) is 39.8 Å². The van der Waals surface area contributed by atoms with E-state index in [1.165, 1.54) is 6.33 Å². The lowest BCUT2D eigenvalue weighted by Gasteiger charge is -2.10. The molecular weight excluding hydrogens is 438 g/mol. The Hall–Kier alpha value is -3.72. The van der Waals surface area contributed by atoms with E-state index < -0.39 is 10.0 Å². The predicted octanol–water partition coefficient (Wildman–Crippen LogP) is 4.74. The van der Waals surface area contributed by atoms with Gasteiger partial charge in [-0.1, -0.05) is 19.1 Å². The first-order chi connectivity index (χ1) is 15.8. The van der Waals surface area contributed by atoms with Crippen molar-refractivity contribution >= 4 is 15.7 Å². The first kappa shape index (κ1) is 22.5. The molecular formula is C24H25N5O3S. The fraction of sp³-hybridized carbons (Fsp3) is 0.208. The molecule has 0 atom stereocenters. The van der Waals surface area contributed by atoms with Crippen molar-refractivity contribution in [2.24, 2.45) is 0 Å². The highest BCUT2D eigenvalue weighted by Crippen LogP contribution is 2.25. The second kappa shape index (κ2) is 9.03. The molecule has 0 radical (unpaired) electrons. The van der Waals surface area contributed by atoms with Crippen LogP contribution in [-0.4, -0.2) is 28.2 Å². The van der Waals surface area contributed by atoms with Gasteiger partial charge in [0.05, 0.1) is 10.6 Å². The largest absolute Gasteiger partial charge is 0.439 e. The summed E-state index contributed by atoms with van der Waals surface area (Å²) in [5.41, 5.74) is 4.56. The minimum atomic E-state index is -3.67. The first-order valence-electron chi connectivity index (χ1n) is 10.5. The second-order valence-electron chi connectivity index (χ2n) is 7.65. The Bertz CT molecular complexity index is 1380. The molecule has 0 aliphatic heterocycles. The normalized spacial score (nSPS) is 11.4. The molecule has 2 heterocycles. The lowest BCUT2D eigenvalue weighted by molar-refractivity contribution is 0.460. The van der Waals surface area contributed by atoms with Crippen molar-refractivity contribution in [2.45, 2.75) is 39.0 Å². The van der Waals surface area contributed by atoms with E-state index in [0.717, 1.165) is 28.9 Å². The molecule has 4 rings (SSSR count). The van der Waals surface area contributed by atoms with E-state index in [1.54, 1.807) is 47.1 Å². The van der Waals surface area contributed by atoms with Crippen molar-refractivity contribution in [3.8, 4) is 17.4 Å². The number of nitrogens with one attached hydrogen (secondary N) is 1. The van der Waals surface area contributed by atoms with Gasteiger partial charge in [-0.25, -0.2) is 23.1 Å². The topological polar surface area (TPSA) is 99.0 Å². The van der Waals surface area contributed by atoms with Gasteiger partial charge in [0.25, 0.3) is 10.0 Å². The Morgan fingerprint density at radius 1 is 0.970 bits per heavy atom. The number of ether oxygens (including phenoxy) is 1. The molecule has 1 N–H and O–H groups in total. The summed E-state index contributed by atoms with van der Waals surface area (Å²) in [5.74, 6) is 1.47. The van der Waals surface area contributed by atoms with Crippen molar-refractivity contribution in [2.75, 3.05) is 4.72 Å². The average Bonchev–Trinajstić information content (AvgIpc) is 3.08. The number of benzene rings is 2. The van der Waals surface area contributed by atoms with E-state index in [4.69, 9.17) is 4.74 Å². The van der Waals surface area contributed by atoms with Crippen molar-refractivity contribution < 1.29 is 13.2 Å². The molecule has 2 aromatic heterocycles. The van der Waals surface area contributed by atoms with Crippen molar-refractivity contribution in [3.63, 3.8) is 0 Å². The summed E-state index contributed by atoms with van der Waals surface area (Å²) < 4.78 is 35.5. The average molecular weight is 464 g/mol. The molecule has 0 bridgehead atoms. The zero-order chi connectivity index (χ0) is 23.6. The van der Waals surface area contributed by atoms with Gasteiger partial charge in [0.15, 0.2) is 5.82 Å². The fourth-order valence-corrected chi connectivity index (χ4v) is 4.33. The highest BCUT2D eigenvalue weighted by atomic mass is 32.2. The predicted molar refractivity (Wildman–Crippen MR) is 127 cm³/mol. The van der Waals surface area contributed by atoms with Gasteiger partial charge in [-0.15, -0.1) is 0 Å². The standard InChI is InChI=1S/C24H25N5O3S/c1-5-19-6-12-22(13-7-19)33(30,31)28-20-8-10-21(11-9-20)32-24-14-23(25-15-26-24)29-18(4)16(2)17(3)27-29/h6-15,28H,5H2,1-4H3. The maximum Gasteiger partial charge on any atom is 0.261 e. The SMILES string of the molecule is CCc1ccc(S(=O)(=O)Nc2ccc(Oc3cc(-n4nc(C)c(C)c4C)ncn3)cc2)cc1. The van der Waals surface area contributed by atoms with Gasteiger partial charge in [0.1, 0.15) is 12.1 Å². The van der Waals surface area contributed by atoms with Crippen LogP contribution in [0.1, 0.15) is 29.4 Å². The van der Waals surface area contributed by atoms with Crippen molar-refractivity contribution in [3.05, 3.63) is 83.4 Å². The molecule has 170 valence electrons. The van der Waals surface area contributed by atoms with Crippen LogP contribution in [0.5, 0.6) is 11.6 Å². The number of aryl methyl sites for hydroxylation is 2. The second-order valence-corrected chi connectivity index (χ2v) is 9.33. The van der Waals surface area contributed by atoms with Gasteiger partial charge in [-0.3, -0.25) is 4.72 Å². The van der Waals surface area contributed by atoms with E-state index in [2.05, 4.69) is 19.8 Å². The Labute approximate surface area is 193 Å². The van der Waals surface area contributed by atoms with Crippen LogP contribution in [0.25, 0.3) is 5.82 Å². The summed E-state index contributed by atoms with van der Waals surface area (Å²) in [6, 6.07) is 15.2. The molecule has 0 fully saturated rings. The van der Waals surface area contributed by atoms with Gasteiger partial charge in [0, 0.05) is 17.4 Å². The number of hydrogen-bond donors (Lipinski definition) is 1. The van der Waals surface area contributed by atoms with Crippen LogP contribution in [0.15, 0.2) is 65.8 Å². The molecule has 2 aromatic carbocycles. The molecule has 33 heavy (non-hydrogen) atoms. The zero-order valence-corrected chi connectivity index (χ0v) is 19.7. The maximum absolute atomic E-state index is 12.6. The third-order valence-electron chi connectivity index (χ3n) is 5.47. The number of nitrogens with zero attached hydrogens (tertiary/aromatic N) is 4. The number of sulfonamides is 1. The Morgan fingerprint density at radius 3 is 2.27 bits per heavy atom. The Morgan fingerprint density at radius 2 is 1.67 bits per heavy atom. The highest BCUT2D eigenvalue weighted by molar-refractivity contribution is 7.92. The van der Waals surface area contributed by atoms with Crippen LogP contribution in [0, 0.1) is 20.8 Å². The van der Waals surface area contributed by atoms with Crippen LogP contribution in [0.3, 0.4) is 0 Å². The molecule has 0 amide bonds. The van der Waals surface area contributed by atoms with E-state index in [-0.39, 0.29) is 4.90 Å². The van der Waals surface area contributed by atoms with Gasteiger partial charge in [0.2, 0.25) is 5.88 Å². The fourth-order valence-electron chi connectivity index (χ4n) is 3.28. The summed E-state index contributed by atoms with van der Waals surface area (Å²) in [4.78, 5) is 8.68. The summed E-state index contributed by atoms with van der Waals surface area (Å²) >= 11 is 0. The monoisotopic (exact) mass is 463 g/mol. The third kappa shape index (κ3) is 4.88. The molecule has 0 saturated heterocycles. The summed E-state index contributed by atoms with van der Waals surface area (Å²) in [7, 11) is -3.67. The summed E-state index contributed by atoms with van der Waals surface area (Å²) in [6.45, 7) is 7.97. The van der Waals surface area contributed by atoms with E-state index >= 15 is 0 Å².